The Bertz CT molecular complexity index is 631. The van der Waals surface area contributed by atoms with Crippen LogP contribution in [0.5, 0.6) is 11.5 Å². The third-order valence-corrected chi connectivity index (χ3v) is 3.40. The normalized spacial score (nSPS) is 14.0. The lowest BCUT2D eigenvalue weighted by Gasteiger charge is -2.24. The predicted molar refractivity (Wildman–Crippen MR) is 83.5 cm³/mol. The lowest BCUT2D eigenvalue weighted by molar-refractivity contribution is -0.126. The van der Waals surface area contributed by atoms with Crippen LogP contribution in [0.4, 0.5) is 0 Å². The minimum Gasteiger partial charge on any atom is -0.490 e. The first-order valence-electron chi connectivity index (χ1n) is 7.31. The van der Waals surface area contributed by atoms with Crippen molar-refractivity contribution in [2.45, 2.75) is 13.8 Å². The van der Waals surface area contributed by atoms with Gasteiger partial charge in [0.1, 0.15) is 6.61 Å². The van der Waals surface area contributed by atoms with E-state index in [1.165, 1.54) is 0 Å². The van der Waals surface area contributed by atoms with Gasteiger partial charge in [-0.3, -0.25) is 4.79 Å². The fourth-order valence-electron chi connectivity index (χ4n) is 2.35. The number of hydrogen-bond donors (Lipinski definition) is 0. The van der Waals surface area contributed by atoms with E-state index in [1.807, 2.05) is 31.2 Å². The van der Waals surface area contributed by atoms with Crippen molar-refractivity contribution in [3.8, 4) is 17.6 Å². The summed E-state index contributed by atoms with van der Waals surface area (Å²) in [4.78, 5) is 14.0. The summed E-state index contributed by atoms with van der Waals surface area (Å²) in [5.41, 5.74) is 1.41. The highest BCUT2D eigenvalue weighted by Gasteiger charge is 2.23. The Hall–Kier alpha value is -2.48. The van der Waals surface area contributed by atoms with Gasteiger partial charge in [0, 0.05) is 19.2 Å². The standard InChI is InChI=1S/C17H20N2O3/c1-4-21-15-7-5-6-13-8-14(11-22-16(13)15)17(20)19(3)10-12(2)9-18/h5-8,12H,4,10-11H2,1-3H3/t12-/m1/s1. The number of para-hydroxylation sites is 1. The van der Waals surface area contributed by atoms with Crippen molar-refractivity contribution >= 4 is 12.0 Å². The molecule has 22 heavy (non-hydrogen) atoms. The lowest BCUT2D eigenvalue weighted by atomic mass is 10.1. The van der Waals surface area contributed by atoms with Crippen LogP contribution in [0.15, 0.2) is 23.8 Å². The summed E-state index contributed by atoms with van der Waals surface area (Å²) >= 11 is 0. The Morgan fingerprint density at radius 2 is 2.32 bits per heavy atom. The van der Waals surface area contributed by atoms with Crippen molar-refractivity contribution in [3.63, 3.8) is 0 Å². The van der Waals surface area contributed by atoms with Crippen molar-refractivity contribution in [1.29, 1.82) is 5.26 Å². The Morgan fingerprint density at radius 3 is 3.00 bits per heavy atom. The third-order valence-electron chi connectivity index (χ3n) is 3.40. The van der Waals surface area contributed by atoms with Crippen LogP contribution >= 0.6 is 0 Å². The van der Waals surface area contributed by atoms with Gasteiger partial charge in [-0.15, -0.1) is 0 Å². The summed E-state index contributed by atoms with van der Waals surface area (Å²) in [5.74, 6) is 1.05. The molecule has 1 amide bonds. The van der Waals surface area contributed by atoms with E-state index in [4.69, 9.17) is 14.7 Å². The first-order valence-corrected chi connectivity index (χ1v) is 7.31. The third kappa shape index (κ3) is 3.40. The molecule has 116 valence electrons. The molecule has 0 radical (unpaired) electrons. The smallest absolute Gasteiger partial charge is 0.253 e. The number of nitriles is 1. The molecule has 1 aromatic carbocycles. The molecule has 0 bridgehead atoms. The lowest BCUT2D eigenvalue weighted by Crippen LogP contribution is -2.33. The Labute approximate surface area is 130 Å². The average Bonchev–Trinajstić information content (AvgIpc) is 2.54. The largest absolute Gasteiger partial charge is 0.490 e. The summed E-state index contributed by atoms with van der Waals surface area (Å²) in [6, 6.07) is 7.75. The van der Waals surface area contributed by atoms with Crippen LogP contribution in [-0.4, -0.2) is 37.6 Å². The van der Waals surface area contributed by atoms with Crippen molar-refractivity contribution < 1.29 is 14.3 Å². The minimum atomic E-state index is -0.198. The molecule has 0 spiro atoms. The first-order chi connectivity index (χ1) is 10.6. The van der Waals surface area contributed by atoms with Crippen LogP contribution in [0.3, 0.4) is 0 Å². The molecule has 5 heteroatoms. The van der Waals surface area contributed by atoms with E-state index in [-0.39, 0.29) is 18.4 Å². The van der Waals surface area contributed by atoms with Crippen molar-refractivity contribution in [2.24, 2.45) is 5.92 Å². The van der Waals surface area contributed by atoms with Crippen LogP contribution in [-0.2, 0) is 4.79 Å². The number of carbonyl (C=O) groups is 1. The SMILES string of the molecule is CCOc1cccc2c1OCC(C(=O)N(C)C[C@H](C)C#N)=C2. The maximum atomic E-state index is 12.4. The topological polar surface area (TPSA) is 62.6 Å². The highest BCUT2D eigenvalue weighted by Crippen LogP contribution is 2.36. The second-order valence-electron chi connectivity index (χ2n) is 5.28. The molecular formula is C17H20N2O3. The monoisotopic (exact) mass is 300 g/mol. The molecular weight excluding hydrogens is 280 g/mol. The van der Waals surface area contributed by atoms with Gasteiger partial charge >= 0.3 is 0 Å². The number of carbonyl (C=O) groups excluding carboxylic acids is 1. The summed E-state index contributed by atoms with van der Waals surface area (Å²) in [6.45, 7) is 4.88. The Kier molecular flexibility index (Phi) is 5.05. The summed E-state index contributed by atoms with van der Waals surface area (Å²) < 4.78 is 11.2. The zero-order valence-corrected chi connectivity index (χ0v) is 13.1. The summed E-state index contributed by atoms with van der Waals surface area (Å²) in [5, 5.41) is 8.85. The van der Waals surface area contributed by atoms with Crippen molar-refractivity contribution in [1.82, 2.24) is 4.90 Å². The van der Waals surface area contributed by atoms with E-state index in [2.05, 4.69) is 6.07 Å². The molecule has 1 aliphatic rings. The van der Waals surface area contributed by atoms with E-state index in [0.717, 1.165) is 5.56 Å². The molecule has 0 unspecified atom stereocenters. The number of benzene rings is 1. The van der Waals surface area contributed by atoms with Gasteiger partial charge < -0.3 is 14.4 Å². The Balaban J connectivity index is 2.20. The van der Waals surface area contributed by atoms with Crippen LogP contribution in [0.2, 0.25) is 0 Å². The summed E-state index contributed by atoms with van der Waals surface area (Å²) in [6.07, 6.45) is 1.83. The number of likely N-dealkylation sites (N-methyl/N-ethyl adjacent to an activating group) is 1. The minimum absolute atomic E-state index is 0.116. The highest BCUT2D eigenvalue weighted by molar-refractivity contribution is 5.99. The molecule has 0 fully saturated rings. The molecule has 0 aliphatic carbocycles. The molecule has 0 N–H and O–H groups in total. The molecule has 1 atom stereocenters. The molecule has 0 saturated carbocycles. The number of hydrogen-bond acceptors (Lipinski definition) is 4. The van der Waals surface area contributed by atoms with Gasteiger partial charge in [0.25, 0.3) is 5.91 Å². The zero-order valence-electron chi connectivity index (χ0n) is 13.1. The summed E-state index contributed by atoms with van der Waals surface area (Å²) in [7, 11) is 1.70. The first kappa shape index (κ1) is 15.9. The maximum absolute atomic E-state index is 12.4. The van der Waals surface area contributed by atoms with E-state index >= 15 is 0 Å². The molecule has 1 heterocycles. The van der Waals surface area contributed by atoms with Crippen LogP contribution < -0.4 is 9.47 Å². The second kappa shape index (κ2) is 6.99. The van der Waals surface area contributed by atoms with Gasteiger partial charge in [-0.2, -0.15) is 5.26 Å². The van der Waals surface area contributed by atoms with E-state index in [1.54, 1.807) is 18.9 Å². The fraction of sp³-hybridized carbons (Fsp3) is 0.412. The number of amides is 1. The van der Waals surface area contributed by atoms with Gasteiger partial charge in [0.15, 0.2) is 11.5 Å². The molecule has 0 aromatic heterocycles. The maximum Gasteiger partial charge on any atom is 0.253 e. The van der Waals surface area contributed by atoms with Crippen LogP contribution in [0.1, 0.15) is 19.4 Å². The molecule has 1 aliphatic heterocycles. The second-order valence-corrected chi connectivity index (χ2v) is 5.28. The average molecular weight is 300 g/mol. The molecule has 5 nitrogen and oxygen atoms in total. The van der Waals surface area contributed by atoms with E-state index in [0.29, 0.717) is 30.2 Å². The van der Waals surface area contributed by atoms with Crippen LogP contribution in [0, 0.1) is 17.2 Å². The predicted octanol–water partition coefficient (Wildman–Crippen LogP) is 2.48. The number of fused-ring (bicyclic) bond motifs is 1. The number of ether oxygens (including phenoxy) is 2. The van der Waals surface area contributed by atoms with Gasteiger partial charge in [-0.05, 0) is 26.0 Å². The number of nitrogens with zero attached hydrogens (tertiary/aromatic N) is 2. The van der Waals surface area contributed by atoms with Gasteiger partial charge in [0.2, 0.25) is 0 Å². The van der Waals surface area contributed by atoms with Gasteiger partial charge in [-0.1, -0.05) is 12.1 Å². The molecule has 2 rings (SSSR count). The molecule has 1 aromatic rings. The quantitative estimate of drug-likeness (QED) is 0.838. The van der Waals surface area contributed by atoms with E-state index < -0.39 is 0 Å². The van der Waals surface area contributed by atoms with Crippen LogP contribution in [0.25, 0.3) is 6.08 Å². The number of rotatable bonds is 5. The zero-order chi connectivity index (χ0) is 16.1. The Morgan fingerprint density at radius 1 is 1.55 bits per heavy atom. The highest BCUT2D eigenvalue weighted by atomic mass is 16.5. The van der Waals surface area contributed by atoms with Gasteiger partial charge in [0.05, 0.1) is 24.2 Å². The van der Waals surface area contributed by atoms with Crippen molar-refractivity contribution in [3.05, 3.63) is 29.3 Å². The van der Waals surface area contributed by atoms with Crippen molar-refractivity contribution in [2.75, 3.05) is 26.8 Å². The van der Waals surface area contributed by atoms with Gasteiger partial charge in [-0.25, -0.2) is 0 Å². The molecule has 0 saturated heterocycles. The fourth-order valence-corrected chi connectivity index (χ4v) is 2.35. The van der Waals surface area contributed by atoms with E-state index in [9.17, 15) is 4.79 Å².